The number of hydrogen-bond donors (Lipinski definition) is 0. The molecule has 6 heteroatoms. The standard InChI is InChI=1S/C14H12ClNO3S/c1-2-8-16(11-13-6-4-9-19-13)20(17,18)14-7-3-5-12(15)10-14/h1,3-7,9-10H,8,11H2. The molecule has 1 aromatic carbocycles. The molecular formula is C14H12ClNO3S. The van der Waals surface area contributed by atoms with Crippen LogP contribution in [0.25, 0.3) is 0 Å². The van der Waals surface area contributed by atoms with E-state index in [2.05, 4.69) is 5.92 Å². The minimum absolute atomic E-state index is 0.0461. The van der Waals surface area contributed by atoms with Crippen LogP contribution in [0.4, 0.5) is 0 Å². The molecule has 0 aliphatic heterocycles. The maximum atomic E-state index is 12.5. The molecule has 0 saturated carbocycles. The molecule has 0 spiro atoms. The van der Waals surface area contributed by atoms with Crippen molar-refractivity contribution >= 4 is 21.6 Å². The van der Waals surface area contributed by atoms with E-state index in [-0.39, 0.29) is 18.0 Å². The zero-order valence-corrected chi connectivity index (χ0v) is 12.1. The Morgan fingerprint density at radius 1 is 1.30 bits per heavy atom. The summed E-state index contributed by atoms with van der Waals surface area (Å²) in [6.45, 7) is 0.0294. The number of sulfonamides is 1. The average Bonchev–Trinajstić information content (AvgIpc) is 2.91. The molecule has 0 aliphatic rings. The van der Waals surface area contributed by atoms with Gasteiger partial charge in [-0.2, -0.15) is 4.31 Å². The van der Waals surface area contributed by atoms with Crippen molar-refractivity contribution in [2.75, 3.05) is 6.54 Å². The van der Waals surface area contributed by atoms with Crippen molar-refractivity contribution in [2.24, 2.45) is 0 Å². The van der Waals surface area contributed by atoms with Crippen LogP contribution in [0.3, 0.4) is 0 Å². The second-order valence-corrected chi connectivity index (χ2v) is 6.39. The van der Waals surface area contributed by atoms with Crippen LogP contribution in [0.2, 0.25) is 5.02 Å². The molecule has 0 saturated heterocycles. The lowest BCUT2D eigenvalue weighted by Crippen LogP contribution is -2.30. The summed E-state index contributed by atoms with van der Waals surface area (Å²) in [6, 6.07) is 9.44. The summed E-state index contributed by atoms with van der Waals surface area (Å²) in [4.78, 5) is 0.104. The number of terminal acetylenes is 1. The van der Waals surface area contributed by atoms with Gasteiger partial charge in [0.15, 0.2) is 0 Å². The number of furan rings is 1. The van der Waals surface area contributed by atoms with Crippen molar-refractivity contribution in [3.63, 3.8) is 0 Å². The smallest absolute Gasteiger partial charge is 0.244 e. The predicted molar refractivity (Wildman–Crippen MR) is 76.6 cm³/mol. The third-order valence-corrected chi connectivity index (χ3v) is 4.64. The van der Waals surface area contributed by atoms with Gasteiger partial charge in [0.05, 0.1) is 24.2 Å². The van der Waals surface area contributed by atoms with E-state index in [1.54, 1.807) is 24.3 Å². The lowest BCUT2D eigenvalue weighted by molar-refractivity contribution is 0.389. The molecule has 0 unspecified atom stereocenters. The molecule has 2 rings (SSSR count). The molecule has 0 radical (unpaired) electrons. The fraction of sp³-hybridized carbons (Fsp3) is 0.143. The Morgan fingerprint density at radius 3 is 2.70 bits per heavy atom. The number of nitrogens with zero attached hydrogens (tertiary/aromatic N) is 1. The third-order valence-electron chi connectivity index (χ3n) is 2.61. The largest absolute Gasteiger partial charge is 0.468 e. The first-order valence-corrected chi connectivity index (χ1v) is 7.57. The SMILES string of the molecule is C#CCN(Cc1ccco1)S(=O)(=O)c1cccc(Cl)c1. The summed E-state index contributed by atoms with van der Waals surface area (Å²) in [5.41, 5.74) is 0. The summed E-state index contributed by atoms with van der Waals surface area (Å²) in [5.74, 6) is 2.86. The molecule has 104 valence electrons. The summed E-state index contributed by atoms with van der Waals surface area (Å²) in [5, 5.41) is 0.352. The highest BCUT2D eigenvalue weighted by molar-refractivity contribution is 7.89. The Hall–Kier alpha value is -1.74. The van der Waals surface area contributed by atoms with Gasteiger partial charge in [-0.15, -0.1) is 6.42 Å². The number of hydrogen-bond acceptors (Lipinski definition) is 3. The third kappa shape index (κ3) is 3.23. The normalized spacial score (nSPS) is 11.4. The number of benzene rings is 1. The second-order valence-electron chi connectivity index (χ2n) is 4.01. The number of rotatable bonds is 5. The van der Waals surface area contributed by atoms with Crippen molar-refractivity contribution < 1.29 is 12.8 Å². The highest BCUT2D eigenvalue weighted by atomic mass is 35.5. The van der Waals surface area contributed by atoms with Crippen molar-refractivity contribution in [1.82, 2.24) is 4.31 Å². The first-order valence-electron chi connectivity index (χ1n) is 5.75. The minimum Gasteiger partial charge on any atom is -0.468 e. The Labute approximate surface area is 123 Å². The van der Waals surface area contributed by atoms with Crippen molar-refractivity contribution in [2.45, 2.75) is 11.4 Å². The van der Waals surface area contributed by atoms with Gasteiger partial charge < -0.3 is 4.42 Å². The highest BCUT2D eigenvalue weighted by Crippen LogP contribution is 2.21. The molecule has 0 bridgehead atoms. The summed E-state index contributed by atoms with van der Waals surface area (Å²) < 4.78 is 31.4. The Kier molecular flexibility index (Phi) is 4.50. The van der Waals surface area contributed by atoms with Crippen molar-refractivity contribution in [3.05, 3.63) is 53.4 Å². The van der Waals surface area contributed by atoms with E-state index in [9.17, 15) is 8.42 Å². The van der Waals surface area contributed by atoms with Gasteiger partial charge in [-0.05, 0) is 30.3 Å². The van der Waals surface area contributed by atoms with E-state index in [0.29, 0.717) is 10.8 Å². The van der Waals surface area contributed by atoms with E-state index in [4.69, 9.17) is 22.4 Å². The molecule has 0 atom stereocenters. The molecule has 0 aliphatic carbocycles. The predicted octanol–water partition coefficient (Wildman–Crippen LogP) is 2.76. The zero-order valence-electron chi connectivity index (χ0n) is 10.5. The van der Waals surface area contributed by atoms with Crippen LogP contribution in [0, 0.1) is 12.3 Å². The quantitative estimate of drug-likeness (QED) is 0.798. The van der Waals surface area contributed by atoms with Gasteiger partial charge in [0.1, 0.15) is 5.76 Å². The molecular weight excluding hydrogens is 298 g/mol. The molecule has 20 heavy (non-hydrogen) atoms. The van der Waals surface area contributed by atoms with E-state index >= 15 is 0 Å². The molecule has 0 amide bonds. The maximum absolute atomic E-state index is 12.5. The average molecular weight is 310 g/mol. The maximum Gasteiger partial charge on any atom is 0.244 e. The van der Waals surface area contributed by atoms with Crippen LogP contribution < -0.4 is 0 Å². The van der Waals surface area contributed by atoms with E-state index in [0.717, 1.165) is 4.31 Å². The first kappa shape index (κ1) is 14.7. The minimum atomic E-state index is -3.72. The van der Waals surface area contributed by atoms with Gasteiger partial charge in [-0.3, -0.25) is 0 Å². The second kappa shape index (κ2) is 6.14. The lowest BCUT2D eigenvalue weighted by Gasteiger charge is -2.18. The highest BCUT2D eigenvalue weighted by Gasteiger charge is 2.24. The summed E-state index contributed by atoms with van der Waals surface area (Å²) in [6.07, 6.45) is 6.73. The van der Waals surface area contributed by atoms with Crippen molar-refractivity contribution in [3.8, 4) is 12.3 Å². The van der Waals surface area contributed by atoms with Gasteiger partial charge >= 0.3 is 0 Å². The van der Waals surface area contributed by atoms with E-state index < -0.39 is 10.0 Å². The molecule has 1 heterocycles. The zero-order chi connectivity index (χ0) is 14.6. The molecule has 0 fully saturated rings. The van der Waals surface area contributed by atoms with Gasteiger partial charge in [0.25, 0.3) is 0 Å². The van der Waals surface area contributed by atoms with Crippen LogP contribution in [0.15, 0.2) is 52.0 Å². The lowest BCUT2D eigenvalue weighted by atomic mass is 10.4. The van der Waals surface area contributed by atoms with Crippen LogP contribution in [0.1, 0.15) is 5.76 Å². The Morgan fingerprint density at radius 2 is 2.10 bits per heavy atom. The van der Waals surface area contributed by atoms with Gasteiger partial charge in [-0.25, -0.2) is 8.42 Å². The van der Waals surface area contributed by atoms with Gasteiger partial charge in [0.2, 0.25) is 10.0 Å². The molecule has 2 aromatic rings. The monoisotopic (exact) mass is 309 g/mol. The topological polar surface area (TPSA) is 50.5 Å². The molecule has 4 nitrogen and oxygen atoms in total. The van der Waals surface area contributed by atoms with Crippen LogP contribution in [0.5, 0.6) is 0 Å². The van der Waals surface area contributed by atoms with Gasteiger partial charge in [-0.1, -0.05) is 23.6 Å². The molecule has 1 aromatic heterocycles. The fourth-order valence-corrected chi connectivity index (χ4v) is 3.30. The van der Waals surface area contributed by atoms with Crippen LogP contribution >= 0.6 is 11.6 Å². The Balaban J connectivity index is 2.35. The molecule has 0 N–H and O–H groups in total. The van der Waals surface area contributed by atoms with Crippen molar-refractivity contribution in [1.29, 1.82) is 0 Å². The number of halogens is 1. The van der Waals surface area contributed by atoms with E-state index in [1.807, 2.05) is 0 Å². The van der Waals surface area contributed by atoms with Crippen LogP contribution in [-0.4, -0.2) is 19.3 Å². The summed E-state index contributed by atoms with van der Waals surface area (Å²) >= 11 is 5.83. The summed E-state index contributed by atoms with van der Waals surface area (Å²) in [7, 11) is -3.72. The fourth-order valence-electron chi connectivity index (χ4n) is 1.68. The van der Waals surface area contributed by atoms with Gasteiger partial charge in [0, 0.05) is 5.02 Å². The van der Waals surface area contributed by atoms with E-state index in [1.165, 1.54) is 18.4 Å². The first-order chi connectivity index (χ1) is 9.54. The Bertz CT molecular complexity index is 717. The van der Waals surface area contributed by atoms with Crippen LogP contribution in [-0.2, 0) is 16.6 Å².